The second-order valence-corrected chi connectivity index (χ2v) is 6.93. The molecule has 1 fully saturated rings. The van der Waals surface area contributed by atoms with Gasteiger partial charge in [-0.2, -0.15) is 5.10 Å². The van der Waals surface area contributed by atoms with Crippen LogP contribution in [0.4, 0.5) is 0 Å². The van der Waals surface area contributed by atoms with Crippen molar-refractivity contribution in [3.05, 3.63) is 23.3 Å². The second-order valence-electron chi connectivity index (χ2n) is 6.93. The molecule has 0 aromatic carbocycles. The minimum absolute atomic E-state index is 0.0435. The number of H-pyrrole nitrogens is 1. The SMILES string of the molecule is Cc1n[nH]c(C)c1CNC(=O)CC1(Cn2cnnn2)CCCCC1. The number of carbonyl (C=O) groups is 1. The van der Waals surface area contributed by atoms with Gasteiger partial charge >= 0.3 is 0 Å². The summed E-state index contributed by atoms with van der Waals surface area (Å²) in [5.41, 5.74) is 2.97. The van der Waals surface area contributed by atoms with Crippen LogP contribution >= 0.6 is 0 Å². The molecule has 130 valence electrons. The minimum atomic E-state index is -0.0435. The molecular formula is C16H25N7O. The summed E-state index contributed by atoms with van der Waals surface area (Å²) in [4.78, 5) is 12.6. The van der Waals surface area contributed by atoms with Crippen LogP contribution in [0.25, 0.3) is 0 Å². The van der Waals surface area contributed by atoms with E-state index < -0.39 is 0 Å². The quantitative estimate of drug-likeness (QED) is 0.838. The van der Waals surface area contributed by atoms with Gasteiger partial charge in [0.05, 0.1) is 12.2 Å². The molecule has 2 N–H and O–H groups in total. The molecule has 1 amide bonds. The molecule has 1 aliphatic rings. The number of aromatic nitrogens is 6. The van der Waals surface area contributed by atoms with E-state index in [9.17, 15) is 4.79 Å². The highest BCUT2D eigenvalue weighted by Gasteiger charge is 2.35. The Kier molecular flexibility index (Phi) is 4.92. The molecule has 0 unspecified atom stereocenters. The molecule has 0 radical (unpaired) electrons. The van der Waals surface area contributed by atoms with Crippen molar-refractivity contribution in [3.63, 3.8) is 0 Å². The second kappa shape index (κ2) is 7.11. The Morgan fingerprint density at radius 3 is 2.75 bits per heavy atom. The highest BCUT2D eigenvalue weighted by Crippen LogP contribution is 2.40. The standard InChI is InChI=1S/C16H25N7O/c1-12-14(13(2)20-19-12)9-17-15(24)8-16(6-4-3-5-7-16)10-23-11-18-21-22-23/h11H,3-10H2,1-2H3,(H,17,24)(H,19,20). The lowest BCUT2D eigenvalue weighted by Crippen LogP contribution is -2.36. The zero-order valence-corrected chi connectivity index (χ0v) is 14.4. The molecule has 2 heterocycles. The molecule has 8 nitrogen and oxygen atoms in total. The van der Waals surface area contributed by atoms with Crippen LogP contribution < -0.4 is 5.32 Å². The van der Waals surface area contributed by atoms with E-state index in [-0.39, 0.29) is 11.3 Å². The summed E-state index contributed by atoms with van der Waals surface area (Å²) in [6, 6.07) is 0. The van der Waals surface area contributed by atoms with Crippen molar-refractivity contribution < 1.29 is 4.79 Å². The van der Waals surface area contributed by atoms with Gasteiger partial charge in [0.15, 0.2) is 0 Å². The number of rotatable bonds is 6. The van der Waals surface area contributed by atoms with Crippen LogP contribution in [-0.2, 0) is 17.9 Å². The van der Waals surface area contributed by atoms with Crippen molar-refractivity contribution in [2.24, 2.45) is 5.41 Å². The number of tetrazole rings is 1. The van der Waals surface area contributed by atoms with Crippen molar-refractivity contribution in [1.29, 1.82) is 0 Å². The fourth-order valence-corrected chi connectivity index (χ4v) is 3.71. The number of amides is 1. The molecule has 24 heavy (non-hydrogen) atoms. The topological polar surface area (TPSA) is 101 Å². The van der Waals surface area contributed by atoms with Gasteiger partial charge in [-0.15, -0.1) is 5.10 Å². The predicted octanol–water partition coefficient (Wildman–Crippen LogP) is 1.67. The first-order chi connectivity index (χ1) is 11.6. The van der Waals surface area contributed by atoms with Crippen LogP contribution in [0.15, 0.2) is 6.33 Å². The third kappa shape index (κ3) is 3.80. The number of hydrogen-bond donors (Lipinski definition) is 2. The molecule has 0 spiro atoms. The summed E-state index contributed by atoms with van der Waals surface area (Å²) in [6.07, 6.45) is 7.81. The normalized spacial score (nSPS) is 16.9. The summed E-state index contributed by atoms with van der Waals surface area (Å²) in [5, 5.41) is 21.6. The third-order valence-corrected chi connectivity index (χ3v) is 5.08. The van der Waals surface area contributed by atoms with E-state index in [2.05, 4.69) is 31.0 Å². The van der Waals surface area contributed by atoms with Gasteiger partial charge in [0, 0.05) is 24.2 Å². The highest BCUT2D eigenvalue weighted by atomic mass is 16.1. The van der Waals surface area contributed by atoms with E-state index in [1.807, 2.05) is 13.8 Å². The zero-order valence-electron chi connectivity index (χ0n) is 14.4. The first kappa shape index (κ1) is 16.6. The summed E-state index contributed by atoms with van der Waals surface area (Å²) in [7, 11) is 0. The number of aromatic amines is 1. The van der Waals surface area contributed by atoms with Crippen molar-refractivity contribution in [2.45, 2.75) is 65.5 Å². The highest BCUT2D eigenvalue weighted by molar-refractivity contribution is 5.76. The van der Waals surface area contributed by atoms with Crippen LogP contribution in [-0.4, -0.2) is 36.3 Å². The number of nitrogens with zero attached hydrogens (tertiary/aromatic N) is 5. The average molecular weight is 331 g/mol. The molecule has 1 saturated carbocycles. The van der Waals surface area contributed by atoms with Crippen molar-refractivity contribution in [1.82, 2.24) is 35.7 Å². The molecule has 2 aromatic heterocycles. The molecule has 2 aromatic rings. The van der Waals surface area contributed by atoms with E-state index in [4.69, 9.17) is 0 Å². The average Bonchev–Trinajstić information content (AvgIpc) is 3.17. The first-order valence-electron chi connectivity index (χ1n) is 8.56. The molecule has 1 aliphatic carbocycles. The monoisotopic (exact) mass is 331 g/mol. The lowest BCUT2D eigenvalue weighted by atomic mass is 9.71. The minimum Gasteiger partial charge on any atom is -0.352 e. The van der Waals surface area contributed by atoms with Gasteiger partial charge < -0.3 is 5.32 Å². The first-order valence-corrected chi connectivity index (χ1v) is 8.56. The summed E-state index contributed by atoms with van der Waals surface area (Å²) >= 11 is 0. The summed E-state index contributed by atoms with van der Waals surface area (Å²) in [5.74, 6) is 0.0879. The molecule has 3 rings (SSSR count). The van der Waals surface area contributed by atoms with Gasteiger partial charge in [-0.1, -0.05) is 19.3 Å². The maximum atomic E-state index is 12.6. The Hall–Kier alpha value is -2.25. The van der Waals surface area contributed by atoms with Gasteiger partial charge in [0.1, 0.15) is 6.33 Å². The lowest BCUT2D eigenvalue weighted by molar-refractivity contribution is -0.124. The Labute approximate surface area is 141 Å². The fourth-order valence-electron chi connectivity index (χ4n) is 3.71. The maximum Gasteiger partial charge on any atom is 0.220 e. The maximum absolute atomic E-state index is 12.6. The van der Waals surface area contributed by atoms with E-state index >= 15 is 0 Å². The van der Waals surface area contributed by atoms with Crippen LogP contribution in [0, 0.1) is 19.3 Å². The fraction of sp³-hybridized carbons (Fsp3) is 0.688. The van der Waals surface area contributed by atoms with Crippen LogP contribution in [0.3, 0.4) is 0 Å². The molecule has 0 aliphatic heterocycles. The molecule has 8 heteroatoms. The van der Waals surface area contributed by atoms with Gasteiger partial charge in [-0.05, 0) is 42.5 Å². The molecule has 0 atom stereocenters. The number of hydrogen-bond acceptors (Lipinski definition) is 5. The van der Waals surface area contributed by atoms with Crippen LogP contribution in [0.2, 0.25) is 0 Å². The van der Waals surface area contributed by atoms with E-state index in [0.29, 0.717) is 19.5 Å². The van der Waals surface area contributed by atoms with Gasteiger partial charge in [-0.25, -0.2) is 4.68 Å². The summed E-state index contributed by atoms with van der Waals surface area (Å²) in [6.45, 7) is 5.15. The van der Waals surface area contributed by atoms with E-state index in [0.717, 1.165) is 42.6 Å². The van der Waals surface area contributed by atoms with Crippen molar-refractivity contribution >= 4 is 5.91 Å². The smallest absolute Gasteiger partial charge is 0.220 e. The van der Waals surface area contributed by atoms with E-state index in [1.54, 1.807) is 11.0 Å². The Morgan fingerprint density at radius 1 is 1.33 bits per heavy atom. The molecule has 0 bridgehead atoms. The number of aryl methyl sites for hydroxylation is 2. The molecular weight excluding hydrogens is 306 g/mol. The largest absolute Gasteiger partial charge is 0.352 e. The molecule has 0 saturated heterocycles. The Balaban J connectivity index is 1.62. The van der Waals surface area contributed by atoms with Crippen molar-refractivity contribution in [2.75, 3.05) is 0 Å². The Morgan fingerprint density at radius 2 is 2.12 bits per heavy atom. The van der Waals surface area contributed by atoms with E-state index in [1.165, 1.54) is 6.42 Å². The summed E-state index contributed by atoms with van der Waals surface area (Å²) < 4.78 is 1.75. The van der Waals surface area contributed by atoms with Crippen LogP contribution in [0.5, 0.6) is 0 Å². The third-order valence-electron chi connectivity index (χ3n) is 5.08. The van der Waals surface area contributed by atoms with Gasteiger partial charge in [-0.3, -0.25) is 9.89 Å². The van der Waals surface area contributed by atoms with Gasteiger partial charge in [0.25, 0.3) is 0 Å². The lowest BCUT2D eigenvalue weighted by Gasteiger charge is -2.36. The van der Waals surface area contributed by atoms with Gasteiger partial charge in [0.2, 0.25) is 5.91 Å². The zero-order chi connectivity index (χ0) is 17.0. The van der Waals surface area contributed by atoms with Crippen LogP contribution in [0.1, 0.15) is 55.5 Å². The number of carbonyl (C=O) groups excluding carboxylic acids is 1. The van der Waals surface area contributed by atoms with Crippen molar-refractivity contribution in [3.8, 4) is 0 Å². The number of nitrogens with one attached hydrogen (secondary N) is 2. The predicted molar refractivity (Wildman–Crippen MR) is 87.9 cm³/mol. The Bertz CT molecular complexity index is 651.